The van der Waals surface area contributed by atoms with Crippen LogP contribution in [0, 0.1) is 19.7 Å². The summed E-state index contributed by atoms with van der Waals surface area (Å²) >= 11 is 1.40. The molecule has 2 N–H and O–H groups in total. The zero-order valence-corrected chi connectivity index (χ0v) is 14.9. The van der Waals surface area contributed by atoms with Crippen molar-refractivity contribution in [1.29, 1.82) is 0 Å². The second-order valence-corrected chi connectivity index (χ2v) is 6.69. The zero-order valence-electron chi connectivity index (χ0n) is 14.1. The van der Waals surface area contributed by atoms with Gasteiger partial charge in [0.1, 0.15) is 18.2 Å². The lowest BCUT2D eigenvalue weighted by atomic mass is 10.1. The Morgan fingerprint density at radius 1 is 1.16 bits per heavy atom. The average Bonchev–Trinajstić information content (AvgIpc) is 2.92. The summed E-state index contributed by atoms with van der Waals surface area (Å²) in [6, 6.07) is 12.4. The Kier molecular flexibility index (Phi) is 5.23. The molecule has 0 saturated heterocycles. The van der Waals surface area contributed by atoms with Gasteiger partial charge in [-0.3, -0.25) is 0 Å². The highest BCUT2D eigenvalue weighted by atomic mass is 32.2. The van der Waals surface area contributed by atoms with Gasteiger partial charge in [-0.05, 0) is 43.2 Å². The van der Waals surface area contributed by atoms with Gasteiger partial charge < -0.3 is 10.6 Å². The zero-order chi connectivity index (χ0) is 17.8. The number of nitrogens with two attached hydrogens (primary N) is 1. The summed E-state index contributed by atoms with van der Waals surface area (Å²) in [5.41, 5.74) is 3.10. The van der Waals surface area contributed by atoms with Crippen LogP contribution in [0.5, 0.6) is 5.75 Å². The number of thioether (sulfide) groups is 1. The summed E-state index contributed by atoms with van der Waals surface area (Å²) in [4.78, 5) is 0. The molecule has 25 heavy (non-hydrogen) atoms. The Hall–Kier alpha value is -2.54. The first-order valence-corrected chi connectivity index (χ1v) is 8.78. The van der Waals surface area contributed by atoms with E-state index in [1.54, 1.807) is 6.07 Å². The van der Waals surface area contributed by atoms with Crippen molar-refractivity contribution in [2.75, 3.05) is 5.84 Å². The van der Waals surface area contributed by atoms with Crippen molar-refractivity contribution < 1.29 is 9.13 Å². The molecule has 0 unspecified atom stereocenters. The van der Waals surface area contributed by atoms with E-state index in [4.69, 9.17) is 10.6 Å². The fourth-order valence-electron chi connectivity index (χ4n) is 2.38. The van der Waals surface area contributed by atoms with Crippen molar-refractivity contribution in [3.8, 4) is 5.75 Å². The minimum atomic E-state index is -0.255. The molecule has 0 amide bonds. The van der Waals surface area contributed by atoms with Crippen molar-refractivity contribution >= 4 is 11.8 Å². The summed E-state index contributed by atoms with van der Waals surface area (Å²) in [5.74, 6) is 7.67. The molecule has 0 spiro atoms. The molecule has 1 heterocycles. The second kappa shape index (κ2) is 7.57. The van der Waals surface area contributed by atoms with Gasteiger partial charge in [0, 0.05) is 5.75 Å². The van der Waals surface area contributed by atoms with Crippen LogP contribution in [0.4, 0.5) is 4.39 Å². The van der Waals surface area contributed by atoms with Gasteiger partial charge >= 0.3 is 0 Å². The molecular weight excluding hydrogens is 339 g/mol. The van der Waals surface area contributed by atoms with Crippen LogP contribution in [-0.2, 0) is 12.4 Å². The molecule has 0 radical (unpaired) electrons. The molecule has 0 aliphatic rings. The standard InChI is InChI=1S/C18H19FN4OS/c1-12-6-7-16(13(2)8-12)24-10-17-21-22-18(23(17)20)25-11-14-4-3-5-15(19)9-14/h3-9H,10-11,20H2,1-2H3. The number of ether oxygens (including phenoxy) is 1. The maximum atomic E-state index is 13.2. The first kappa shape index (κ1) is 17.3. The van der Waals surface area contributed by atoms with Crippen molar-refractivity contribution in [3.63, 3.8) is 0 Å². The van der Waals surface area contributed by atoms with E-state index in [0.29, 0.717) is 16.7 Å². The third kappa shape index (κ3) is 4.30. The van der Waals surface area contributed by atoms with Crippen LogP contribution in [0.1, 0.15) is 22.5 Å². The van der Waals surface area contributed by atoms with Crippen LogP contribution in [0.2, 0.25) is 0 Å². The smallest absolute Gasteiger partial charge is 0.210 e. The molecule has 5 nitrogen and oxygen atoms in total. The first-order valence-electron chi connectivity index (χ1n) is 7.79. The molecule has 3 rings (SSSR count). The van der Waals surface area contributed by atoms with Crippen molar-refractivity contribution in [1.82, 2.24) is 14.9 Å². The Labute approximate surface area is 150 Å². The van der Waals surface area contributed by atoms with Crippen molar-refractivity contribution in [2.24, 2.45) is 0 Å². The fourth-order valence-corrected chi connectivity index (χ4v) is 3.20. The Bertz CT molecular complexity index is 881. The number of aryl methyl sites for hydroxylation is 2. The highest BCUT2D eigenvalue weighted by molar-refractivity contribution is 7.98. The minimum absolute atomic E-state index is 0.230. The molecule has 0 aliphatic carbocycles. The number of nitrogens with zero attached hydrogens (tertiary/aromatic N) is 3. The largest absolute Gasteiger partial charge is 0.485 e. The topological polar surface area (TPSA) is 66.0 Å². The predicted octanol–water partition coefficient (Wildman–Crippen LogP) is 3.62. The first-order chi connectivity index (χ1) is 12.0. The molecule has 0 aliphatic heterocycles. The van der Waals surface area contributed by atoms with E-state index in [1.165, 1.54) is 34.1 Å². The number of hydrogen-bond donors (Lipinski definition) is 1. The molecule has 1 aromatic heterocycles. The quantitative estimate of drug-likeness (QED) is 0.538. The van der Waals surface area contributed by atoms with Gasteiger partial charge in [0.2, 0.25) is 5.16 Å². The maximum Gasteiger partial charge on any atom is 0.210 e. The van der Waals surface area contributed by atoms with Gasteiger partial charge in [0.05, 0.1) is 0 Å². The van der Waals surface area contributed by atoms with E-state index in [9.17, 15) is 4.39 Å². The van der Waals surface area contributed by atoms with E-state index in [0.717, 1.165) is 16.9 Å². The summed E-state index contributed by atoms with van der Waals surface area (Å²) in [7, 11) is 0. The third-order valence-electron chi connectivity index (χ3n) is 3.68. The number of halogens is 1. The summed E-state index contributed by atoms with van der Waals surface area (Å²) in [6.07, 6.45) is 0. The fraction of sp³-hybridized carbons (Fsp3) is 0.222. The van der Waals surface area contributed by atoms with E-state index in [-0.39, 0.29) is 12.4 Å². The monoisotopic (exact) mass is 358 g/mol. The molecule has 130 valence electrons. The highest BCUT2D eigenvalue weighted by Gasteiger charge is 2.12. The van der Waals surface area contributed by atoms with E-state index < -0.39 is 0 Å². The number of benzene rings is 2. The van der Waals surface area contributed by atoms with Crippen LogP contribution in [-0.4, -0.2) is 14.9 Å². The molecule has 0 saturated carbocycles. The third-order valence-corrected chi connectivity index (χ3v) is 4.69. The number of rotatable bonds is 6. The molecule has 0 fully saturated rings. The maximum absolute atomic E-state index is 13.2. The summed E-state index contributed by atoms with van der Waals surface area (Å²) in [5, 5.41) is 8.71. The van der Waals surface area contributed by atoms with E-state index >= 15 is 0 Å². The molecule has 7 heteroatoms. The van der Waals surface area contributed by atoms with Crippen molar-refractivity contribution in [3.05, 3.63) is 70.8 Å². The number of hydrogen-bond acceptors (Lipinski definition) is 5. The predicted molar refractivity (Wildman–Crippen MR) is 96.4 cm³/mol. The van der Waals surface area contributed by atoms with Gasteiger partial charge in [-0.2, -0.15) is 0 Å². The van der Waals surface area contributed by atoms with Crippen LogP contribution in [0.25, 0.3) is 0 Å². The highest BCUT2D eigenvalue weighted by Crippen LogP contribution is 2.22. The number of nitrogen functional groups attached to an aromatic ring is 1. The Balaban J connectivity index is 1.62. The number of aromatic nitrogens is 3. The minimum Gasteiger partial charge on any atom is -0.485 e. The SMILES string of the molecule is Cc1ccc(OCc2nnc(SCc3cccc(F)c3)n2N)c(C)c1. The lowest BCUT2D eigenvalue weighted by Gasteiger charge is -2.09. The average molecular weight is 358 g/mol. The van der Waals surface area contributed by atoms with Crippen LogP contribution < -0.4 is 10.6 Å². The van der Waals surface area contributed by atoms with Gasteiger partial charge in [0.15, 0.2) is 5.82 Å². The van der Waals surface area contributed by atoms with Gasteiger partial charge in [-0.15, -0.1) is 10.2 Å². The lowest BCUT2D eigenvalue weighted by Crippen LogP contribution is -2.16. The molecule has 0 atom stereocenters. The van der Waals surface area contributed by atoms with Gasteiger partial charge in [-0.1, -0.05) is 41.6 Å². The molecule has 0 bridgehead atoms. The normalized spacial score (nSPS) is 10.8. The molecule has 2 aromatic carbocycles. The van der Waals surface area contributed by atoms with Crippen molar-refractivity contribution in [2.45, 2.75) is 31.4 Å². The van der Waals surface area contributed by atoms with E-state index in [1.807, 2.05) is 32.0 Å². The van der Waals surface area contributed by atoms with E-state index in [2.05, 4.69) is 16.3 Å². The summed E-state index contributed by atoms with van der Waals surface area (Å²) < 4.78 is 20.4. The molecule has 3 aromatic rings. The lowest BCUT2D eigenvalue weighted by molar-refractivity contribution is 0.289. The van der Waals surface area contributed by atoms with Crippen LogP contribution in [0.15, 0.2) is 47.6 Å². The van der Waals surface area contributed by atoms with Gasteiger partial charge in [0.25, 0.3) is 0 Å². The van der Waals surface area contributed by atoms with Gasteiger partial charge in [-0.25, -0.2) is 9.07 Å². The van der Waals surface area contributed by atoms with Crippen LogP contribution >= 0.6 is 11.8 Å². The van der Waals surface area contributed by atoms with Crippen LogP contribution in [0.3, 0.4) is 0 Å². The summed E-state index contributed by atoms with van der Waals surface area (Å²) in [6.45, 7) is 4.26. The molecular formula is C18H19FN4OS. The second-order valence-electron chi connectivity index (χ2n) is 5.75. The Morgan fingerprint density at radius 3 is 2.76 bits per heavy atom. The Morgan fingerprint density at radius 2 is 2.00 bits per heavy atom.